The Balaban J connectivity index is 1.56. The van der Waals surface area contributed by atoms with Gasteiger partial charge in [0, 0.05) is 45.6 Å². The molecular formula is C18H25N3. The minimum atomic E-state index is -0.170. The predicted molar refractivity (Wildman–Crippen MR) is 85.7 cm³/mol. The monoisotopic (exact) mass is 283 g/mol. The van der Waals surface area contributed by atoms with Crippen molar-refractivity contribution in [1.29, 1.82) is 0 Å². The Morgan fingerprint density at radius 2 is 1.62 bits per heavy atom. The van der Waals surface area contributed by atoms with Crippen LogP contribution < -0.4 is 0 Å². The first kappa shape index (κ1) is 14.6. The first-order valence-corrected chi connectivity index (χ1v) is 8.22. The molecule has 1 saturated heterocycles. The minimum Gasteiger partial charge on any atom is -0.297 e. The average molecular weight is 283 g/mol. The molecule has 3 rings (SSSR count). The van der Waals surface area contributed by atoms with Crippen molar-refractivity contribution >= 4 is 0 Å². The number of piperazine rings is 1. The molecule has 1 aliphatic heterocycles. The van der Waals surface area contributed by atoms with Crippen molar-refractivity contribution in [2.45, 2.75) is 44.3 Å². The van der Waals surface area contributed by atoms with Crippen LogP contribution in [0.4, 0.5) is 0 Å². The van der Waals surface area contributed by atoms with E-state index < -0.39 is 0 Å². The number of hydrogen-bond acceptors (Lipinski definition) is 2. The standard InChI is InChI=1S/C18H25N3/c1-19-18(10-6-3-7-11-18)21-14-12-20(13-15-21)16-17-8-4-2-5-9-17/h2,4-5,8-9H,3,6-7,10-16H2. The summed E-state index contributed by atoms with van der Waals surface area (Å²) in [4.78, 5) is 9.06. The van der Waals surface area contributed by atoms with Gasteiger partial charge in [-0.05, 0) is 18.4 Å². The van der Waals surface area contributed by atoms with Crippen LogP contribution in [0.15, 0.2) is 30.3 Å². The van der Waals surface area contributed by atoms with Crippen molar-refractivity contribution < 1.29 is 0 Å². The second-order valence-electron chi connectivity index (χ2n) is 6.40. The molecule has 112 valence electrons. The zero-order valence-corrected chi connectivity index (χ0v) is 12.8. The highest BCUT2D eigenvalue weighted by Gasteiger charge is 2.45. The molecule has 3 nitrogen and oxygen atoms in total. The van der Waals surface area contributed by atoms with Crippen LogP contribution in [0, 0.1) is 6.57 Å². The Kier molecular flexibility index (Phi) is 4.57. The summed E-state index contributed by atoms with van der Waals surface area (Å²) >= 11 is 0. The molecule has 21 heavy (non-hydrogen) atoms. The summed E-state index contributed by atoms with van der Waals surface area (Å²) in [6.45, 7) is 13.0. The van der Waals surface area contributed by atoms with Gasteiger partial charge in [-0.1, -0.05) is 36.8 Å². The van der Waals surface area contributed by atoms with Gasteiger partial charge in [0.25, 0.3) is 5.66 Å². The largest absolute Gasteiger partial charge is 0.297 e. The molecule has 1 saturated carbocycles. The van der Waals surface area contributed by atoms with Crippen LogP contribution >= 0.6 is 0 Å². The quantitative estimate of drug-likeness (QED) is 0.788. The molecule has 0 aromatic heterocycles. The molecule has 0 unspecified atom stereocenters. The second-order valence-corrected chi connectivity index (χ2v) is 6.40. The van der Waals surface area contributed by atoms with E-state index in [0.29, 0.717) is 0 Å². The molecule has 2 fully saturated rings. The molecule has 1 aromatic rings. The van der Waals surface area contributed by atoms with E-state index in [1.165, 1.54) is 24.8 Å². The summed E-state index contributed by atoms with van der Waals surface area (Å²) in [5.41, 5.74) is 1.22. The maximum Gasteiger partial charge on any atom is 0.288 e. The number of hydrogen-bond donors (Lipinski definition) is 0. The third-order valence-corrected chi connectivity index (χ3v) is 5.07. The lowest BCUT2D eigenvalue weighted by molar-refractivity contribution is 0.0330. The van der Waals surface area contributed by atoms with Gasteiger partial charge in [-0.3, -0.25) is 9.74 Å². The summed E-state index contributed by atoms with van der Waals surface area (Å²) < 4.78 is 0. The van der Waals surface area contributed by atoms with Gasteiger partial charge in [0.15, 0.2) is 0 Å². The topological polar surface area (TPSA) is 10.8 Å². The molecule has 1 heterocycles. The zero-order chi connectivity index (χ0) is 14.5. The Morgan fingerprint density at radius 1 is 0.952 bits per heavy atom. The van der Waals surface area contributed by atoms with E-state index in [-0.39, 0.29) is 5.66 Å². The highest BCUT2D eigenvalue weighted by molar-refractivity contribution is 5.14. The van der Waals surface area contributed by atoms with Crippen LogP contribution in [0.3, 0.4) is 0 Å². The summed E-state index contributed by atoms with van der Waals surface area (Å²) in [7, 11) is 0. The van der Waals surface area contributed by atoms with Crippen LogP contribution in [0.25, 0.3) is 4.85 Å². The zero-order valence-electron chi connectivity index (χ0n) is 12.8. The molecule has 0 amide bonds. The van der Waals surface area contributed by atoms with Crippen LogP contribution in [0.5, 0.6) is 0 Å². The third kappa shape index (κ3) is 3.28. The molecule has 1 aromatic carbocycles. The molecule has 1 aliphatic carbocycles. The Labute approximate surface area is 128 Å². The van der Waals surface area contributed by atoms with Gasteiger partial charge < -0.3 is 0 Å². The lowest BCUT2D eigenvalue weighted by Crippen LogP contribution is -2.56. The molecule has 0 radical (unpaired) electrons. The molecule has 0 atom stereocenters. The van der Waals surface area contributed by atoms with E-state index in [2.05, 4.69) is 45.0 Å². The lowest BCUT2D eigenvalue weighted by Gasteiger charge is -2.42. The van der Waals surface area contributed by atoms with E-state index in [9.17, 15) is 0 Å². The van der Waals surface area contributed by atoms with Crippen LogP contribution in [-0.4, -0.2) is 41.6 Å². The molecule has 3 heteroatoms. The maximum absolute atomic E-state index is 7.68. The normalized spacial score (nSPS) is 23.6. The smallest absolute Gasteiger partial charge is 0.288 e. The third-order valence-electron chi connectivity index (χ3n) is 5.07. The van der Waals surface area contributed by atoms with Gasteiger partial charge in [0.05, 0.1) is 0 Å². The van der Waals surface area contributed by atoms with Gasteiger partial charge in [-0.15, -0.1) is 0 Å². The van der Waals surface area contributed by atoms with Gasteiger partial charge in [-0.25, -0.2) is 11.5 Å². The second kappa shape index (κ2) is 6.60. The Bertz CT molecular complexity index is 477. The van der Waals surface area contributed by atoms with Gasteiger partial charge in [0.2, 0.25) is 0 Å². The number of benzene rings is 1. The Morgan fingerprint density at radius 3 is 2.24 bits per heavy atom. The predicted octanol–water partition coefficient (Wildman–Crippen LogP) is 3.38. The molecule has 0 spiro atoms. The van der Waals surface area contributed by atoms with Crippen LogP contribution in [-0.2, 0) is 6.54 Å². The number of rotatable bonds is 3. The average Bonchev–Trinajstić information content (AvgIpc) is 2.57. The first-order valence-electron chi connectivity index (χ1n) is 8.22. The molecule has 0 bridgehead atoms. The summed E-state index contributed by atoms with van der Waals surface area (Å²) in [6, 6.07) is 10.7. The van der Waals surface area contributed by atoms with E-state index in [1.807, 2.05) is 0 Å². The highest BCUT2D eigenvalue weighted by atomic mass is 15.3. The summed E-state index contributed by atoms with van der Waals surface area (Å²) in [5, 5.41) is 0. The van der Waals surface area contributed by atoms with Crippen LogP contribution in [0.2, 0.25) is 0 Å². The fraction of sp³-hybridized carbons (Fsp3) is 0.611. The van der Waals surface area contributed by atoms with Crippen molar-refractivity contribution in [3.63, 3.8) is 0 Å². The molecule has 2 aliphatic rings. The van der Waals surface area contributed by atoms with E-state index >= 15 is 0 Å². The maximum atomic E-state index is 7.68. The van der Waals surface area contributed by atoms with E-state index in [4.69, 9.17) is 6.57 Å². The SMILES string of the molecule is [C-]#[N+]C1(N2CCN(Cc3ccccc3)CC2)CCCCC1. The van der Waals surface area contributed by atoms with Gasteiger partial charge in [0.1, 0.15) is 0 Å². The lowest BCUT2D eigenvalue weighted by atomic mass is 9.87. The molecule has 0 N–H and O–H groups in total. The minimum absolute atomic E-state index is 0.170. The van der Waals surface area contributed by atoms with Crippen molar-refractivity contribution in [2.75, 3.05) is 26.2 Å². The number of nitrogens with zero attached hydrogens (tertiary/aromatic N) is 3. The van der Waals surface area contributed by atoms with Crippen molar-refractivity contribution in [1.82, 2.24) is 9.80 Å². The highest BCUT2D eigenvalue weighted by Crippen LogP contribution is 2.35. The van der Waals surface area contributed by atoms with Crippen molar-refractivity contribution in [3.05, 3.63) is 47.3 Å². The van der Waals surface area contributed by atoms with Crippen LogP contribution in [0.1, 0.15) is 37.7 Å². The van der Waals surface area contributed by atoms with E-state index in [1.54, 1.807) is 0 Å². The van der Waals surface area contributed by atoms with Gasteiger partial charge in [-0.2, -0.15) is 0 Å². The summed E-state index contributed by atoms with van der Waals surface area (Å²) in [5.74, 6) is 0. The fourth-order valence-electron chi connectivity index (χ4n) is 3.78. The fourth-order valence-corrected chi connectivity index (χ4v) is 3.78. The van der Waals surface area contributed by atoms with Crippen molar-refractivity contribution in [2.24, 2.45) is 0 Å². The Hall–Kier alpha value is -1.37. The molecular weight excluding hydrogens is 258 g/mol. The van der Waals surface area contributed by atoms with Crippen molar-refractivity contribution in [3.8, 4) is 0 Å². The first-order chi connectivity index (χ1) is 10.3. The van der Waals surface area contributed by atoms with Gasteiger partial charge >= 0.3 is 0 Å². The van der Waals surface area contributed by atoms with E-state index in [0.717, 1.165) is 45.6 Å². The summed E-state index contributed by atoms with van der Waals surface area (Å²) in [6.07, 6.45) is 5.93.